The molecular formula is C10H9F2N3. The van der Waals surface area contributed by atoms with Crippen LogP contribution in [0, 0.1) is 11.3 Å². The van der Waals surface area contributed by atoms with Gasteiger partial charge in [-0.15, -0.1) is 0 Å². The Morgan fingerprint density at radius 3 is 2.53 bits per heavy atom. The predicted molar refractivity (Wildman–Crippen MR) is 52.7 cm³/mol. The number of nitrogen functional groups attached to an aromatic ring is 1. The number of alkyl halides is 2. The van der Waals surface area contributed by atoms with Gasteiger partial charge in [0.25, 0.3) is 5.92 Å². The third-order valence-corrected chi connectivity index (χ3v) is 2.28. The monoisotopic (exact) mass is 209 g/mol. The molecule has 1 aliphatic rings. The molecule has 0 atom stereocenters. The van der Waals surface area contributed by atoms with Gasteiger partial charge in [-0.25, -0.2) is 8.78 Å². The molecule has 0 unspecified atom stereocenters. The van der Waals surface area contributed by atoms with Crippen LogP contribution in [-0.4, -0.2) is 19.0 Å². The maximum atomic E-state index is 12.6. The quantitative estimate of drug-likeness (QED) is 0.714. The van der Waals surface area contributed by atoms with Gasteiger partial charge < -0.3 is 10.6 Å². The molecule has 78 valence electrons. The number of anilines is 2. The van der Waals surface area contributed by atoms with Crippen molar-refractivity contribution in [2.75, 3.05) is 23.7 Å². The Morgan fingerprint density at radius 2 is 2.00 bits per heavy atom. The molecule has 0 spiro atoms. The second kappa shape index (κ2) is 3.09. The molecule has 0 aliphatic carbocycles. The van der Waals surface area contributed by atoms with Gasteiger partial charge >= 0.3 is 0 Å². The molecule has 5 heteroatoms. The standard InChI is InChI=1S/C10H9F2N3/c11-10(12)5-15(6-10)9-2-7(4-13)1-8(14)3-9/h1-3H,5-6,14H2. The summed E-state index contributed by atoms with van der Waals surface area (Å²) in [5, 5.41) is 8.69. The fourth-order valence-corrected chi connectivity index (χ4v) is 1.58. The number of rotatable bonds is 1. The van der Waals surface area contributed by atoms with Gasteiger partial charge in [-0.05, 0) is 18.2 Å². The van der Waals surface area contributed by atoms with E-state index in [9.17, 15) is 8.78 Å². The fourth-order valence-electron chi connectivity index (χ4n) is 1.58. The van der Waals surface area contributed by atoms with Crippen molar-refractivity contribution in [2.45, 2.75) is 5.92 Å². The minimum atomic E-state index is -2.61. The lowest BCUT2D eigenvalue weighted by Gasteiger charge is -2.40. The lowest BCUT2D eigenvalue weighted by molar-refractivity contribution is -0.0262. The van der Waals surface area contributed by atoms with Crippen LogP contribution in [0.2, 0.25) is 0 Å². The van der Waals surface area contributed by atoms with Crippen LogP contribution < -0.4 is 10.6 Å². The Kier molecular flexibility index (Phi) is 2.00. The van der Waals surface area contributed by atoms with Gasteiger partial charge in [0.15, 0.2) is 0 Å². The van der Waals surface area contributed by atoms with Crippen molar-refractivity contribution in [1.82, 2.24) is 0 Å². The van der Waals surface area contributed by atoms with E-state index in [-0.39, 0.29) is 13.1 Å². The van der Waals surface area contributed by atoms with Crippen LogP contribution in [0.25, 0.3) is 0 Å². The van der Waals surface area contributed by atoms with Crippen LogP contribution >= 0.6 is 0 Å². The van der Waals surface area contributed by atoms with Gasteiger partial charge in [0.2, 0.25) is 0 Å². The van der Waals surface area contributed by atoms with Crippen LogP contribution in [0.5, 0.6) is 0 Å². The minimum absolute atomic E-state index is 0.304. The second-order valence-corrected chi connectivity index (χ2v) is 3.64. The van der Waals surface area contributed by atoms with Gasteiger partial charge in [0.1, 0.15) is 0 Å². The van der Waals surface area contributed by atoms with Crippen molar-refractivity contribution in [2.24, 2.45) is 0 Å². The van der Waals surface area contributed by atoms with E-state index in [1.165, 1.54) is 11.0 Å². The molecule has 0 aromatic heterocycles. The molecule has 1 fully saturated rings. The fraction of sp³-hybridized carbons (Fsp3) is 0.300. The molecule has 0 amide bonds. The third-order valence-electron chi connectivity index (χ3n) is 2.28. The molecule has 2 N–H and O–H groups in total. The van der Waals surface area contributed by atoms with E-state index in [4.69, 9.17) is 11.0 Å². The molecule has 0 saturated carbocycles. The molecule has 0 bridgehead atoms. The number of nitrogens with zero attached hydrogens (tertiary/aromatic N) is 2. The maximum absolute atomic E-state index is 12.6. The van der Waals surface area contributed by atoms with Gasteiger partial charge in [-0.3, -0.25) is 0 Å². The first kappa shape index (κ1) is 9.71. The highest BCUT2D eigenvalue weighted by molar-refractivity contribution is 5.62. The average molecular weight is 209 g/mol. The topological polar surface area (TPSA) is 53.1 Å². The number of hydrogen-bond donors (Lipinski definition) is 1. The molecular weight excluding hydrogens is 200 g/mol. The minimum Gasteiger partial charge on any atom is -0.399 e. The van der Waals surface area contributed by atoms with Crippen molar-refractivity contribution in [1.29, 1.82) is 5.26 Å². The first-order chi connectivity index (χ1) is 7.00. The van der Waals surface area contributed by atoms with E-state index in [1.807, 2.05) is 6.07 Å². The second-order valence-electron chi connectivity index (χ2n) is 3.64. The third kappa shape index (κ3) is 1.84. The summed E-state index contributed by atoms with van der Waals surface area (Å²) < 4.78 is 25.2. The van der Waals surface area contributed by atoms with Gasteiger partial charge in [0.05, 0.1) is 24.7 Å². The normalized spacial score (nSPS) is 18.1. The number of hydrogen-bond acceptors (Lipinski definition) is 3. The highest BCUT2D eigenvalue weighted by Crippen LogP contribution is 2.32. The first-order valence-corrected chi connectivity index (χ1v) is 4.44. The molecule has 1 saturated heterocycles. The molecule has 15 heavy (non-hydrogen) atoms. The zero-order valence-corrected chi connectivity index (χ0v) is 7.87. The summed E-state index contributed by atoms with van der Waals surface area (Å²) in [5.41, 5.74) is 6.94. The molecule has 1 aliphatic heterocycles. The van der Waals surface area contributed by atoms with E-state index in [0.29, 0.717) is 16.9 Å². The highest BCUT2D eigenvalue weighted by Gasteiger charge is 2.43. The highest BCUT2D eigenvalue weighted by atomic mass is 19.3. The van der Waals surface area contributed by atoms with Crippen molar-refractivity contribution in [3.8, 4) is 6.07 Å². The van der Waals surface area contributed by atoms with Gasteiger partial charge in [0, 0.05) is 11.4 Å². The van der Waals surface area contributed by atoms with E-state index in [1.54, 1.807) is 12.1 Å². The Balaban J connectivity index is 2.24. The summed E-state index contributed by atoms with van der Waals surface area (Å²) in [7, 11) is 0. The lowest BCUT2D eigenvalue weighted by Crippen LogP contribution is -2.56. The Hall–Kier alpha value is -1.83. The molecule has 1 aromatic rings. The zero-order valence-electron chi connectivity index (χ0n) is 7.87. The molecule has 1 heterocycles. The molecule has 0 radical (unpaired) electrons. The Morgan fingerprint density at radius 1 is 1.33 bits per heavy atom. The van der Waals surface area contributed by atoms with Gasteiger partial charge in [-0.2, -0.15) is 5.26 Å². The van der Waals surface area contributed by atoms with E-state index in [2.05, 4.69) is 0 Å². The number of nitriles is 1. The van der Waals surface area contributed by atoms with Crippen molar-refractivity contribution in [3.05, 3.63) is 23.8 Å². The van der Waals surface area contributed by atoms with Crippen molar-refractivity contribution < 1.29 is 8.78 Å². The van der Waals surface area contributed by atoms with Gasteiger partial charge in [-0.1, -0.05) is 0 Å². The SMILES string of the molecule is N#Cc1cc(N)cc(N2CC(F)(F)C2)c1. The van der Waals surface area contributed by atoms with Crippen LogP contribution in [0.15, 0.2) is 18.2 Å². The Labute approximate surface area is 85.7 Å². The summed E-state index contributed by atoms with van der Waals surface area (Å²) in [6.45, 7) is -0.608. The summed E-state index contributed by atoms with van der Waals surface area (Å²) in [6, 6.07) is 6.61. The zero-order chi connectivity index (χ0) is 11.1. The summed E-state index contributed by atoms with van der Waals surface area (Å²) in [6.07, 6.45) is 0. The number of nitrogens with two attached hydrogens (primary N) is 1. The molecule has 3 nitrogen and oxygen atoms in total. The van der Waals surface area contributed by atoms with Crippen molar-refractivity contribution in [3.63, 3.8) is 0 Å². The predicted octanol–water partition coefficient (Wildman–Crippen LogP) is 1.60. The number of benzene rings is 1. The van der Waals surface area contributed by atoms with E-state index >= 15 is 0 Å². The summed E-state index contributed by atoms with van der Waals surface area (Å²) >= 11 is 0. The molecule has 1 aromatic carbocycles. The van der Waals surface area contributed by atoms with Crippen LogP contribution in [0.3, 0.4) is 0 Å². The molecule has 2 rings (SSSR count). The summed E-state index contributed by atoms with van der Waals surface area (Å²) in [4.78, 5) is 1.50. The number of halogens is 2. The largest absolute Gasteiger partial charge is 0.399 e. The van der Waals surface area contributed by atoms with Crippen LogP contribution in [0.4, 0.5) is 20.2 Å². The van der Waals surface area contributed by atoms with Crippen molar-refractivity contribution >= 4 is 11.4 Å². The summed E-state index contributed by atoms with van der Waals surface area (Å²) in [5.74, 6) is -2.61. The van der Waals surface area contributed by atoms with Crippen LogP contribution in [-0.2, 0) is 0 Å². The maximum Gasteiger partial charge on any atom is 0.282 e. The lowest BCUT2D eigenvalue weighted by atomic mass is 10.1. The first-order valence-electron chi connectivity index (χ1n) is 4.44. The van der Waals surface area contributed by atoms with E-state index in [0.717, 1.165) is 0 Å². The average Bonchev–Trinajstić information content (AvgIpc) is 2.13. The Bertz CT molecular complexity index is 429. The smallest absolute Gasteiger partial charge is 0.282 e. The van der Waals surface area contributed by atoms with Crippen LogP contribution in [0.1, 0.15) is 5.56 Å². The van der Waals surface area contributed by atoms with E-state index < -0.39 is 5.92 Å².